The minimum atomic E-state index is -4.63. The standard InChI is InChI=1S/C19H15ClF3NO7/c1-2-16(25)30-6-5-10-7-12(9-13(18(26)27)17(10)24(28)29)31-15-4-3-11(8-14(15)20)19(21,22)23/h3-4,7-9H,2,5-6H2,1H3,(H,26,27). The van der Waals surface area contributed by atoms with E-state index in [-0.39, 0.29) is 36.5 Å². The number of carbonyl (C=O) groups excluding carboxylic acids is 1. The zero-order valence-electron chi connectivity index (χ0n) is 15.9. The number of ether oxygens (including phenoxy) is 2. The van der Waals surface area contributed by atoms with Crippen LogP contribution in [0.15, 0.2) is 30.3 Å². The van der Waals surface area contributed by atoms with Crippen molar-refractivity contribution in [1.29, 1.82) is 0 Å². The summed E-state index contributed by atoms with van der Waals surface area (Å²) < 4.78 is 48.6. The molecule has 0 amide bonds. The van der Waals surface area contributed by atoms with E-state index in [0.717, 1.165) is 24.3 Å². The maximum absolute atomic E-state index is 12.8. The van der Waals surface area contributed by atoms with Gasteiger partial charge < -0.3 is 14.6 Å². The number of esters is 1. The Labute approximate surface area is 178 Å². The van der Waals surface area contributed by atoms with Crippen LogP contribution in [0.2, 0.25) is 5.02 Å². The lowest BCUT2D eigenvalue weighted by molar-refractivity contribution is -0.385. The number of nitrogens with zero attached hydrogens (tertiary/aromatic N) is 1. The van der Waals surface area contributed by atoms with Gasteiger partial charge in [-0.15, -0.1) is 0 Å². The monoisotopic (exact) mass is 461 g/mol. The molecule has 31 heavy (non-hydrogen) atoms. The Kier molecular flexibility index (Phi) is 7.45. The Morgan fingerprint density at radius 1 is 1.23 bits per heavy atom. The van der Waals surface area contributed by atoms with E-state index in [1.165, 1.54) is 0 Å². The molecule has 2 aromatic carbocycles. The van der Waals surface area contributed by atoms with Gasteiger partial charge >= 0.3 is 18.1 Å². The Balaban J connectivity index is 2.44. The molecule has 8 nitrogen and oxygen atoms in total. The molecule has 0 aliphatic carbocycles. The maximum Gasteiger partial charge on any atom is 0.416 e. The van der Waals surface area contributed by atoms with Gasteiger partial charge in [0.25, 0.3) is 5.69 Å². The van der Waals surface area contributed by atoms with E-state index in [1.54, 1.807) is 6.92 Å². The van der Waals surface area contributed by atoms with Gasteiger partial charge in [0.1, 0.15) is 17.1 Å². The van der Waals surface area contributed by atoms with Gasteiger partial charge in [0.15, 0.2) is 0 Å². The van der Waals surface area contributed by atoms with Crippen LogP contribution in [-0.2, 0) is 22.1 Å². The topological polar surface area (TPSA) is 116 Å². The molecule has 0 aromatic heterocycles. The lowest BCUT2D eigenvalue weighted by Crippen LogP contribution is -2.10. The number of benzene rings is 2. The number of aromatic carboxylic acids is 1. The first-order valence-electron chi connectivity index (χ1n) is 8.68. The van der Waals surface area contributed by atoms with Crippen molar-refractivity contribution in [3.05, 3.63) is 62.2 Å². The molecule has 2 rings (SSSR count). The molecule has 2 aromatic rings. The Hall–Kier alpha value is -3.34. The van der Waals surface area contributed by atoms with Crippen LogP contribution in [0.25, 0.3) is 0 Å². The minimum absolute atomic E-state index is 0.0814. The number of hydrogen-bond acceptors (Lipinski definition) is 6. The fraction of sp³-hybridized carbons (Fsp3) is 0.263. The molecular formula is C19H15ClF3NO7. The Morgan fingerprint density at radius 3 is 2.42 bits per heavy atom. The summed E-state index contributed by atoms with van der Waals surface area (Å²) in [5, 5.41) is 20.4. The molecule has 0 spiro atoms. The molecule has 0 aliphatic rings. The number of nitro groups is 1. The lowest BCUT2D eigenvalue weighted by atomic mass is 10.0. The second-order valence-corrected chi connectivity index (χ2v) is 6.52. The summed E-state index contributed by atoms with van der Waals surface area (Å²) in [6, 6.07) is 4.28. The molecule has 0 aliphatic heterocycles. The van der Waals surface area contributed by atoms with Crippen molar-refractivity contribution in [3.63, 3.8) is 0 Å². The predicted octanol–water partition coefficient (Wildman–Crippen LogP) is 5.25. The van der Waals surface area contributed by atoms with E-state index < -0.39 is 44.9 Å². The highest BCUT2D eigenvalue weighted by molar-refractivity contribution is 6.32. The Morgan fingerprint density at radius 2 is 1.90 bits per heavy atom. The van der Waals surface area contributed by atoms with Crippen LogP contribution in [0.4, 0.5) is 18.9 Å². The molecule has 0 saturated carbocycles. The van der Waals surface area contributed by atoms with Crippen molar-refractivity contribution in [2.45, 2.75) is 25.9 Å². The molecule has 12 heteroatoms. The number of carboxylic acid groups (broad SMARTS) is 1. The molecule has 0 radical (unpaired) electrons. The van der Waals surface area contributed by atoms with Crippen LogP contribution in [0, 0.1) is 10.1 Å². The molecule has 0 fully saturated rings. The average Bonchev–Trinajstić information content (AvgIpc) is 2.67. The van der Waals surface area contributed by atoms with E-state index in [0.29, 0.717) is 6.07 Å². The molecule has 0 heterocycles. The minimum Gasteiger partial charge on any atom is -0.477 e. The van der Waals surface area contributed by atoms with Gasteiger partial charge in [-0.3, -0.25) is 14.9 Å². The van der Waals surface area contributed by atoms with Gasteiger partial charge in [0, 0.05) is 24.5 Å². The van der Waals surface area contributed by atoms with Gasteiger partial charge in [-0.25, -0.2) is 4.79 Å². The van der Waals surface area contributed by atoms with Gasteiger partial charge in [-0.05, 0) is 24.3 Å². The van der Waals surface area contributed by atoms with E-state index in [1.807, 2.05) is 0 Å². The molecular weight excluding hydrogens is 447 g/mol. The highest BCUT2D eigenvalue weighted by Crippen LogP contribution is 2.38. The van der Waals surface area contributed by atoms with Crippen molar-refractivity contribution in [3.8, 4) is 11.5 Å². The number of alkyl halides is 3. The van der Waals surface area contributed by atoms with E-state index in [4.69, 9.17) is 21.1 Å². The van der Waals surface area contributed by atoms with Crippen molar-refractivity contribution in [2.24, 2.45) is 0 Å². The second-order valence-electron chi connectivity index (χ2n) is 6.11. The number of rotatable bonds is 8. The summed E-state index contributed by atoms with van der Waals surface area (Å²) in [7, 11) is 0. The SMILES string of the molecule is CCC(=O)OCCc1cc(Oc2ccc(C(F)(F)F)cc2Cl)cc(C(=O)O)c1[N+](=O)[O-]. The molecule has 0 saturated heterocycles. The van der Waals surface area contributed by atoms with Crippen LogP contribution in [0.5, 0.6) is 11.5 Å². The summed E-state index contributed by atoms with van der Waals surface area (Å²) in [6.45, 7) is 1.30. The number of halogens is 4. The van der Waals surface area contributed by atoms with E-state index in [2.05, 4.69) is 0 Å². The van der Waals surface area contributed by atoms with Crippen molar-refractivity contribution >= 4 is 29.2 Å². The van der Waals surface area contributed by atoms with Crippen LogP contribution in [0.3, 0.4) is 0 Å². The normalized spacial score (nSPS) is 11.1. The molecule has 0 atom stereocenters. The number of nitro benzene ring substituents is 1. The fourth-order valence-corrected chi connectivity index (χ4v) is 2.78. The first kappa shape index (κ1) is 23.9. The van der Waals surface area contributed by atoms with Gasteiger partial charge in [0.2, 0.25) is 0 Å². The lowest BCUT2D eigenvalue weighted by Gasteiger charge is -2.13. The number of carboxylic acids is 1. The second kappa shape index (κ2) is 9.65. The Bertz CT molecular complexity index is 1020. The van der Waals surface area contributed by atoms with Crippen molar-refractivity contribution in [1.82, 2.24) is 0 Å². The zero-order chi connectivity index (χ0) is 23.3. The molecule has 0 bridgehead atoms. The molecule has 1 N–H and O–H groups in total. The predicted molar refractivity (Wildman–Crippen MR) is 102 cm³/mol. The summed E-state index contributed by atoms with van der Waals surface area (Å²) in [4.78, 5) is 33.3. The maximum atomic E-state index is 12.8. The van der Waals surface area contributed by atoms with Crippen LogP contribution in [0.1, 0.15) is 34.8 Å². The largest absolute Gasteiger partial charge is 0.477 e. The van der Waals surface area contributed by atoms with Crippen LogP contribution >= 0.6 is 11.6 Å². The zero-order valence-corrected chi connectivity index (χ0v) is 16.6. The summed E-state index contributed by atoms with van der Waals surface area (Å²) in [6.07, 6.45) is -4.74. The third-order valence-corrected chi connectivity index (χ3v) is 4.28. The number of carbonyl (C=O) groups is 2. The van der Waals surface area contributed by atoms with Gasteiger partial charge in [-0.2, -0.15) is 13.2 Å². The first-order chi connectivity index (χ1) is 14.4. The summed E-state index contributed by atoms with van der Waals surface area (Å²) >= 11 is 5.84. The summed E-state index contributed by atoms with van der Waals surface area (Å²) in [5.74, 6) is -2.60. The van der Waals surface area contributed by atoms with E-state index in [9.17, 15) is 38.0 Å². The number of hydrogen-bond donors (Lipinski definition) is 1. The van der Waals surface area contributed by atoms with Crippen molar-refractivity contribution in [2.75, 3.05) is 6.61 Å². The fourth-order valence-electron chi connectivity index (χ4n) is 2.56. The van der Waals surface area contributed by atoms with E-state index >= 15 is 0 Å². The van der Waals surface area contributed by atoms with Crippen LogP contribution < -0.4 is 4.74 Å². The van der Waals surface area contributed by atoms with Gasteiger partial charge in [0.05, 0.1) is 22.1 Å². The van der Waals surface area contributed by atoms with Crippen molar-refractivity contribution < 1.29 is 42.3 Å². The van der Waals surface area contributed by atoms with Crippen LogP contribution in [-0.4, -0.2) is 28.6 Å². The molecule has 0 unspecified atom stereocenters. The first-order valence-corrected chi connectivity index (χ1v) is 9.06. The molecule has 166 valence electrons. The quantitative estimate of drug-likeness (QED) is 0.324. The highest BCUT2D eigenvalue weighted by Gasteiger charge is 2.31. The smallest absolute Gasteiger partial charge is 0.416 e. The highest BCUT2D eigenvalue weighted by atomic mass is 35.5. The average molecular weight is 462 g/mol. The summed E-state index contributed by atoms with van der Waals surface area (Å²) in [5.41, 5.74) is -2.54. The van der Waals surface area contributed by atoms with Gasteiger partial charge in [-0.1, -0.05) is 18.5 Å². The third-order valence-electron chi connectivity index (χ3n) is 3.99. The third kappa shape index (κ3) is 6.07.